The topological polar surface area (TPSA) is 73.0 Å². The molecule has 0 fully saturated rings. The van der Waals surface area contributed by atoms with Crippen molar-refractivity contribution in [1.82, 2.24) is 9.78 Å². The predicted molar refractivity (Wildman–Crippen MR) is 73.1 cm³/mol. The highest BCUT2D eigenvalue weighted by Gasteiger charge is 2.14. The van der Waals surface area contributed by atoms with Crippen LogP contribution in [0.5, 0.6) is 0 Å². The van der Waals surface area contributed by atoms with E-state index in [0.29, 0.717) is 12.2 Å². The van der Waals surface area contributed by atoms with Crippen molar-refractivity contribution < 1.29 is 4.92 Å². The number of nitrogens with one attached hydrogen (secondary N) is 1. The molecule has 100 valence electrons. The Morgan fingerprint density at radius 3 is 2.74 bits per heavy atom. The lowest BCUT2D eigenvalue weighted by Gasteiger charge is -2.07. The number of aryl methyl sites for hydroxylation is 3. The van der Waals surface area contributed by atoms with E-state index in [1.165, 1.54) is 0 Å². The van der Waals surface area contributed by atoms with Crippen LogP contribution in [-0.2, 0) is 13.6 Å². The van der Waals surface area contributed by atoms with E-state index in [2.05, 4.69) is 10.4 Å². The Morgan fingerprint density at radius 1 is 1.42 bits per heavy atom. The van der Waals surface area contributed by atoms with Gasteiger partial charge in [0.15, 0.2) is 0 Å². The molecular formula is C13H16N4O2. The SMILES string of the molecule is Cc1ccc(NCc2cn(C)nc2C)c([N+](=O)[O-])c1. The highest BCUT2D eigenvalue weighted by molar-refractivity contribution is 5.62. The number of aromatic nitrogens is 2. The largest absolute Gasteiger partial charge is 0.375 e. The van der Waals surface area contributed by atoms with Gasteiger partial charge in [0.25, 0.3) is 5.69 Å². The van der Waals surface area contributed by atoms with Gasteiger partial charge in [-0.05, 0) is 25.5 Å². The molecule has 0 saturated carbocycles. The average molecular weight is 260 g/mol. The van der Waals surface area contributed by atoms with Crippen LogP contribution in [-0.4, -0.2) is 14.7 Å². The molecule has 0 atom stereocenters. The van der Waals surface area contributed by atoms with E-state index in [-0.39, 0.29) is 10.6 Å². The van der Waals surface area contributed by atoms with Crippen molar-refractivity contribution in [2.45, 2.75) is 20.4 Å². The van der Waals surface area contributed by atoms with Gasteiger partial charge in [0.1, 0.15) is 5.69 Å². The summed E-state index contributed by atoms with van der Waals surface area (Å²) in [6, 6.07) is 5.16. The lowest BCUT2D eigenvalue weighted by Crippen LogP contribution is -2.03. The molecule has 2 aromatic rings. The first-order valence-corrected chi connectivity index (χ1v) is 5.95. The predicted octanol–water partition coefficient (Wildman–Crippen LogP) is 2.56. The Bertz CT molecular complexity index is 619. The molecule has 1 heterocycles. The van der Waals surface area contributed by atoms with Gasteiger partial charge in [-0.2, -0.15) is 5.10 Å². The van der Waals surface area contributed by atoms with Crippen LogP contribution in [0, 0.1) is 24.0 Å². The molecule has 0 bridgehead atoms. The van der Waals surface area contributed by atoms with Crippen molar-refractivity contribution in [3.05, 3.63) is 51.3 Å². The van der Waals surface area contributed by atoms with Crippen LogP contribution in [0.4, 0.5) is 11.4 Å². The van der Waals surface area contributed by atoms with Crippen molar-refractivity contribution in [3.63, 3.8) is 0 Å². The van der Waals surface area contributed by atoms with Gasteiger partial charge < -0.3 is 5.32 Å². The third-order valence-corrected chi connectivity index (χ3v) is 2.93. The number of hydrogen-bond acceptors (Lipinski definition) is 4. The zero-order valence-corrected chi connectivity index (χ0v) is 11.2. The number of nitro benzene ring substituents is 1. The van der Waals surface area contributed by atoms with Crippen LogP contribution in [0.15, 0.2) is 24.4 Å². The van der Waals surface area contributed by atoms with Crippen LogP contribution >= 0.6 is 0 Å². The lowest BCUT2D eigenvalue weighted by molar-refractivity contribution is -0.384. The van der Waals surface area contributed by atoms with Gasteiger partial charge in [-0.1, -0.05) is 6.07 Å². The fraction of sp³-hybridized carbons (Fsp3) is 0.308. The molecule has 1 aromatic heterocycles. The number of nitro groups is 1. The summed E-state index contributed by atoms with van der Waals surface area (Å²) < 4.78 is 1.73. The van der Waals surface area contributed by atoms with E-state index in [4.69, 9.17) is 0 Å². The summed E-state index contributed by atoms with van der Waals surface area (Å²) in [5.74, 6) is 0. The Balaban J connectivity index is 2.20. The van der Waals surface area contributed by atoms with E-state index >= 15 is 0 Å². The minimum atomic E-state index is -0.370. The third-order valence-electron chi connectivity index (χ3n) is 2.93. The molecule has 0 amide bonds. The maximum absolute atomic E-state index is 11.0. The Morgan fingerprint density at radius 2 is 2.16 bits per heavy atom. The first-order valence-electron chi connectivity index (χ1n) is 5.95. The van der Waals surface area contributed by atoms with Gasteiger partial charge in [0, 0.05) is 31.4 Å². The van der Waals surface area contributed by atoms with Crippen molar-refractivity contribution in [1.29, 1.82) is 0 Å². The summed E-state index contributed by atoms with van der Waals surface area (Å²) >= 11 is 0. The molecule has 19 heavy (non-hydrogen) atoms. The summed E-state index contributed by atoms with van der Waals surface area (Å²) in [6.07, 6.45) is 1.91. The first-order chi connectivity index (χ1) is 8.97. The standard InChI is InChI=1S/C13H16N4O2/c1-9-4-5-12(13(6-9)17(18)19)14-7-11-8-16(3)15-10(11)2/h4-6,8,14H,7H2,1-3H3. The fourth-order valence-electron chi connectivity index (χ4n) is 1.95. The Hall–Kier alpha value is -2.37. The highest BCUT2D eigenvalue weighted by Crippen LogP contribution is 2.25. The van der Waals surface area contributed by atoms with Crippen molar-refractivity contribution >= 4 is 11.4 Å². The van der Waals surface area contributed by atoms with Crippen molar-refractivity contribution in [2.24, 2.45) is 7.05 Å². The molecule has 6 heteroatoms. The van der Waals surface area contributed by atoms with Gasteiger partial charge in [0.2, 0.25) is 0 Å². The molecule has 6 nitrogen and oxygen atoms in total. The second kappa shape index (κ2) is 5.09. The van der Waals surface area contributed by atoms with Gasteiger partial charge in [0.05, 0.1) is 10.6 Å². The van der Waals surface area contributed by atoms with Gasteiger partial charge in [-0.25, -0.2) is 0 Å². The minimum absolute atomic E-state index is 0.0987. The Labute approximate surface area is 111 Å². The third kappa shape index (κ3) is 2.90. The zero-order chi connectivity index (χ0) is 14.0. The molecule has 2 rings (SSSR count). The van der Waals surface area contributed by atoms with Crippen LogP contribution in [0.2, 0.25) is 0 Å². The average Bonchev–Trinajstić information content (AvgIpc) is 2.66. The Kier molecular flexibility index (Phi) is 3.50. The zero-order valence-electron chi connectivity index (χ0n) is 11.2. The van der Waals surface area contributed by atoms with Gasteiger partial charge in [-0.3, -0.25) is 14.8 Å². The van der Waals surface area contributed by atoms with Crippen LogP contribution in [0.25, 0.3) is 0 Å². The first kappa shape index (κ1) is 13.1. The summed E-state index contributed by atoms with van der Waals surface area (Å²) in [5.41, 5.74) is 3.44. The van der Waals surface area contributed by atoms with Crippen LogP contribution in [0.1, 0.15) is 16.8 Å². The molecule has 1 N–H and O–H groups in total. The molecule has 0 unspecified atom stereocenters. The minimum Gasteiger partial charge on any atom is -0.375 e. The number of hydrogen-bond donors (Lipinski definition) is 1. The molecule has 0 radical (unpaired) electrons. The van der Waals surface area contributed by atoms with Gasteiger partial charge >= 0.3 is 0 Å². The number of anilines is 1. The monoisotopic (exact) mass is 260 g/mol. The van der Waals surface area contributed by atoms with Crippen molar-refractivity contribution in [2.75, 3.05) is 5.32 Å². The van der Waals surface area contributed by atoms with Crippen LogP contribution < -0.4 is 5.32 Å². The molecular weight excluding hydrogens is 244 g/mol. The number of nitrogens with zero attached hydrogens (tertiary/aromatic N) is 3. The van der Waals surface area contributed by atoms with E-state index in [1.807, 2.05) is 33.2 Å². The maximum Gasteiger partial charge on any atom is 0.292 e. The highest BCUT2D eigenvalue weighted by atomic mass is 16.6. The quantitative estimate of drug-likeness (QED) is 0.677. The second-order valence-electron chi connectivity index (χ2n) is 4.54. The maximum atomic E-state index is 11.0. The van der Waals surface area contributed by atoms with E-state index in [1.54, 1.807) is 16.8 Å². The molecule has 0 aliphatic rings. The second-order valence-corrected chi connectivity index (χ2v) is 4.54. The smallest absolute Gasteiger partial charge is 0.292 e. The van der Waals surface area contributed by atoms with Crippen LogP contribution in [0.3, 0.4) is 0 Å². The normalized spacial score (nSPS) is 10.5. The van der Waals surface area contributed by atoms with E-state index < -0.39 is 0 Å². The van der Waals surface area contributed by atoms with E-state index in [0.717, 1.165) is 16.8 Å². The lowest BCUT2D eigenvalue weighted by atomic mass is 10.2. The summed E-state index contributed by atoms with van der Waals surface area (Å²) in [4.78, 5) is 10.6. The van der Waals surface area contributed by atoms with Crippen molar-refractivity contribution in [3.8, 4) is 0 Å². The van der Waals surface area contributed by atoms with Gasteiger partial charge in [-0.15, -0.1) is 0 Å². The number of benzene rings is 1. The summed E-state index contributed by atoms with van der Waals surface area (Å²) in [6.45, 7) is 4.27. The number of rotatable bonds is 4. The molecule has 1 aromatic carbocycles. The molecule has 0 spiro atoms. The molecule has 0 saturated heterocycles. The molecule has 0 aliphatic carbocycles. The summed E-state index contributed by atoms with van der Waals surface area (Å²) in [7, 11) is 1.85. The fourth-order valence-corrected chi connectivity index (χ4v) is 1.95. The molecule has 0 aliphatic heterocycles. The van der Waals surface area contributed by atoms with E-state index in [9.17, 15) is 10.1 Å². The summed E-state index contributed by atoms with van der Waals surface area (Å²) in [5, 5.41) is 18.3.